The lowest BCUT2D eigenvalue weighted by molar-refractivity contribution is -0.122. The largest absolute Gasteiger partial charge is 0.490 e. The van der Waals surface area contributed by atoms with Gasteiger partial charge in [0.2, 0.25) is 5.91 Å². The van der Waals surface area contributed by atoms with Crippen molar-refractivity contribution >= 4 is 5.91 Å². The number of carbonyl (C=O) groups is 1. The topological polar surface area (TPSA) is 64.3 Å². The van der Waals surface area contributed by atoms with Crippen LogP contribution in [0.2, 0.25) is 0 Å². The lowest BCUT2D eigenvalue weighted by Gasteiger charge is -2.30. The molecule has 0 radical (unpaired) electrons. The summed E-state index contributed by atoms with van der Waals surface area (Å²) in [7, 11) is 0. The van der Waals surface area contributed by atoms with Crippen molar-refractivity contribution in [2.45, 2.75) is 44.6 Å². The Kier molecular flexibility index (Phi) is 6.65. The summed E-state index contributed by atoms with van der Waals surface area (Å²) in [6, 6.07) is 6.24. The summed E-state index contributed by atoms with van der Waals surface area (Å²) in [5.41, 5.74) is 5.80. The average molecular weight is 308 g/mol. The molecule has 1 unspecified atom stereocenters. The maximum absolute atomic E-state index is 13.4. The lowest BCUT2D eigenvalue weighted by Crippen LogP contribution is -2.46. The van der Waals surface area contributed by atoms with Crippen molar-refractivity contribution in [2.75, 3.05) is 13.2 Å². The Morgan fingerprint density at radius 1 is 1.32 bits per heavy atom. The first kappa shape index (κ1) is 16.7. The molecular formula is C17H25FN2O2. The first-order chi connectivity index (χ1) is 10.7. The predicted octanol–water partition coefficient (Wildman–Crippen LogP) is 2.62. The van der Waals surface area contributed by atoms with E-state index >= 15 is 0 Å². The van der Waals surface area contributed by atoms with Gasteiger partial charge < -0.3 is 15.8 Å². The molecule has 0 aromatic heterocycles. The van der Waals surface area contributed by atoms with E-state index in [2.05, 4.69) is 5.32 Å². The van der Waals surface area contributed by atoms with Gasteiger partial charge in [-0.05, 0) is 30.9 Å². The lowest BCUT2D eigenvalue weighted by atomic mass is 9.84. The number of carbonyl (C=O) groups excluding carboxylic acids is 1. The molecule has 0 aliphatic heterocycles. The third-order valence-corrected chi connectivity index (χ3v) is 4.24. The van der Waals surface area contributed by atoms with Gasteiger partial charge in [-0.3, -0.25) is 4.79 Å². The van der Waals surface area contributed by atoms with Gasteiger partial charge in [0.15, 0.2) is 11.6 Å². The highest BCUT2D eigenvalue weighted by Crippen LogP contribution is 2.26. The summed E-state index contributed by atoms with van der Waals surface area (Å²) in [5.74, 6) is 0.162. The molecular weight excluding hydrogens is 283 g/mol. The van der Waals surface area contributed by atoms with Gasteiger partial charge in [0, 0.05) is 12.6 Å². The fourth-order valence-electron chi connectivity index (χ4n) is 3.00. The zero-order valence-corrected chi connectivity index (χ0v) is 12.9. The molecule has 2 rings (SSSR count). The molecule has 1 aliphatic rings. The molecule has 1 saturated carbocycles. The zero-order chi connectivity index (χ0) is 15.8. The maximum atomic E-state index is 13.4. The Balaban J connectivity index is 1.73. The van der Waals surface area contributed by atoms with Crippen molar-refractivity contribution in [1.82, 2.24) is 5.32 Å². The minimum absolute atomic E-state index is 0.0428. The first-order valence-electron chi connectivity index (χ1n) is 8.07. The first-order valence-corrected chi connectivity index (χ1v) is 8.07. The normalized spacial score (nSPS) is 17.0. The Morgan fingerprint density at radius 3 is 2.73 bits per heavy atom. The molecule has 22 heavy (non-hydrogen) atoms. The number of halogens is 1. The Labute approximate surface area is 131 Å². The third kappa shape index (κ3) is 4.98. The summed E-state index contributed by atoms with van der Waals surface area (Å²) in [4.78, 5) is 12.0. The second-order valence-corrected chi connectivity index (χ2v) is 5.84. The van der Waals surface area contributed by atoms with Gasteiger partial charge in [-0.1, -0.05) is 31.4 Å². The maximum Gasteiger partial charge on any atom is 0.223 e. The van der Waals surface area contributed by atoms with E-state index in [1.807, 2.05) is 0 Å². The van der Waals surface area contributed by atoms with Crippen molar-refractivity contribution in [1.29, 1.82) is 0 Å². The van der Waals surface area contributed by atoms with Gasteiger partial charge in [-0.15, -0.1) is 0 Å². The summed E-state index contributed by atoms with van der Waals surface area (Å²) in [5, 5.41) is 3.00. The van der Waals surface area contributed by atoms with Crippen molar-refractivity contribution in [3.8, 4) is 5.75 Å². The van der Waals surface area contributed by atoms with E-state index in [1.165, 1.54) is 25.3 Å². The molecule has 1 atom stereocenters. The Morgan fingerprint density at radius 2 is 2.05 bits per heavy atom. The third-order valence-electron chi connectivity index (χ3n) is 4.24. The van der Waals surface area contributed by atoms with Crippen LogP contribution < -0.4 is 15.8 Å². The molecule has 5 heteroatoms. The minimum atomic E-state index is -0.412. The van der Waals surface area contributed by atoms with Crippen LogP contribution in [0.1, 0.15) is 38.5 Å². The van der Waals surface area contributed by atoms with Gasteiger partial charge in [0.1, 0.15) is 0 Å². The van der Waals surface area contributed by atoms with Gasteiger partial charge in [0.05, 0.1) is 13.0 Å². The molecule has 1 amide bonds. The second kappa shape index (κ2) is 8.73. The van der Waals surface area contributed by atoms with E-state index in [-0.39, 0.29) is 30.7 Å². The minimum Gasteiger partial charge on any atom is -0.490 e. The summed E-state index contributed by atoms with van der Waals surface area (Å²) < 4.78 is 18.7. The van der Waals surface area contributed by atoms with E-state index in [0.717, 1.165) is 12.8 Å². The van der Waals surface area contributed by atoms with Crippen LogP contribution >= 0.6 is 0 Å². The van der Waals surface area contributed by atoms with Crippen LogP contribution in [0.4, 0.5) is 4.39 Å². The molecule has 4 nitrogen and oxygen atoms in total. The van der Waals surface area contributed by atoms with Crippen LogP contribution in [0.5, 0.6) is 5.75 Å². The summed E-state index contributed by atoms with van der Waals surface area (Å²) >= 11 is 0. The summed E-state index contributed by atoms with van der Waals surface area (Å²) in [6.07, 6.45) is 6.18. The number of rotatable bonds is 7. The monoisotopic (exact) mass is 308 g/mol. The summed E-state index contributed by atoms with van der Waals surface area (Å²) in [6.45, 7) is 0.624. The van der Waals surface area contributed by atoms with Crippen LogP contribution in [0.3, 0.4) is 0 Å². The van der Waals surface area contributed by atoms with Crippen molar-refractivity contribution in [3.05, 3.63) is 30.1 Å². The fraction of sp³-hybridized carbons (Fsp3) is 0.588. The molecule has 0 bridgehead atoms. The Bertz CT molecular complexity index is 475. The number of nitrogens with one attached hydrogen (secondary N) is 1. The second-order valence-electron chi connectivity index (χ2n) is 5.84. The van der Waals surface area contributed by atoms with Crippen LogP contribution in [-0.4, -0.2) is 25.1 Å². The molecule has 1 aromatic rings. The van der Waals surface area contributed by atoms with Crippen molar-refractivity contribution in [3.63, 3.8) is 0 Å². The standard InChI is InChI=1S/C17H25FN2O2/c18-14-8-4-5-9-16(14)22-11-10-17(21)20-15(12-19)13-6-2-1-3-7-13/h4-5,8-9,13,15H,1-3,6-7,10-12,19H2,(H,20,21). The van der Waals surface area contributed by atoms with Crippen molar-refractivity contribution in [2.24, 2.45) is 11.7 Å². The Hall–Kier alpha value is -1.62. The molecule has 0 spiro atoms. The van der Waals surface area contributed by atoms with E-state index in [0.29, 0.717) is 12.5 Å². The number of amides is 1. The quantitative estimate of drug-likeness (QED) is 0.814. The molecule has 1 aromatic carbocycles. The smallest absolute Gasteiger partial charge is 0.223 e. The number of hydrogen-bond donors (Lipinski definition) is 2. The van der Waals surface area contributed by atoms with Crippen molar-refractivity contribution < 1.29 is 13.9 Å². The average Bonchev–Trinajstić information content (AvgIpc) is 2.55. The number of ether oxygens (including phenoxy) is 1. The number of nitrogens with two attached hydrogens (primary N) is 1. The molecule has 1 aliphatic carbocycles. The number of hydrogen-bond acceptors (Lipinski definition) is 3. The highest BCUT2D eigenvalue weighted by atomic mass is 19.1. The molecule has 0 heterocycles. The van der Waals surface area contributed by atoms with Gasteiger partial charge in [0.25, 0.3) is 0 Å². The predicted molar refractivity (Wildman–Crippen MR) is 84.1 cm³/mol. The highest BCUT2D eigenvalue weighted by molar-refractivity contribution is 5.76. The van der Waals surface area contributed by atoms with Crippen LogP contribution in [0.15, 0.2) is 24.3 Å². The zero-order valence-electron chi connectivity index (χ0n) is 12.9. The van der Waals surface area contributed by atoms with Crippen LogP contribution in [0, 0.1) is 11.7 Å². The van der Waals surface area contributed by atoms with Gasteiger partial charge in [-0.25, -0.2) is 4.39 Å². The van der Waals surface area contributed by atoms with E-state index in [1.54, 1.807) is 18.2 Å². The van der Waals surface area contributed by atoms with E-state index in [9.17, 15) is 9.18 Å². The number of para-hydroxylation sites is 1. The van der Waals surface area contributed by atoms with Gasteiger partial charge in [-0.2, -0.15) is 0 Å². The van der Waals surface area contributed by atoms with E-state index < -0.39 is 5.82 Å². The molecule has 3 N–H and O–H groups in total. The number of benzene rings is 1. The SMILES string of the molecule is NCC(NC(=O)CCOc1ccccc1F)C1CCCCC1. The fourth-order valence-corrected chi connectivity index (χ4v) is 3.00. The highest BCUT2D eigenvalue weighted by Gasteiger charge is 2.23. The molecule has 0 saturated heterocycles. The van der Waals surface area contributed by atoms with Crippen LogP contribution in [0.25, 0.3) is 0 Å². The molecule has 1 fully saturated rings. The van der Waals surface area contributed by atoms with Crippen LogP contribution in [-0.2, 0) is 4.79 Å². The van der Waals surface area contributed by atoms with Gasteiger partial charge >= 0.3 is 0 Å². The van der Waals surface area contributed by atoms with E-state index in [4.69, 9.17) is 10.5 Å². The molecule has 122 valence electrons.